The highest BCUT2D eigenvalue weighted by Crippen LogP contribution is 2.34. The van der Waals surface area contributed by atoms with Crippen LogP contribution in [0, 0.1) is 18.3 Å². The number of aryl methyl sites for hydroxylation is 1. The highest BCUT2D eigenvalue weighted by atomic mass is 32.2. The molecule has 0 bridgehead atoms. The Morgan fingerprint density at radius 3 is 2.61 bits per heavy atom. The molecule has 1 aromatic heterocycles. The van der Waals surface area contributed by atoms with Crippen LogP contribution in [0.25, 0.3) is 0 Å². The number of nitrogens with one attached hydrogen (secondary N) is 1. The van der Waals surface area contributed by atoms with Gasteiger partial charge < -0.3 is 14.6 Å². The average Bonchev–Trinajstić information content (AvgIpc) is 3.24. The number of nitriles is 1. The van der Waals surface area contributed by atoms with E-state index in [-0.39, 0.29) is 6.54 Å². The van der Waals surface area contributed by atoms with E-state index < -0.39 is 10.2 Å². The molecule has 3 aromatic rings. The number of aromatic nitrogens is 2. The van der Waals surface area contributed by atoms with E-state index >= 15 is 0 Å². The molecule has 10 heteroatoms. The molecule has 0 saturated carbocycles. The van der Waals surface area contributed by atoms with Gasteiger partial charge in [0.25, 0.3) is 0 Å². The standard InChI is InChI=1S/C26H28N6O3S/c1-20-28-16-24(29-20)18-30-19-25(14-21-5-3-2-4-6-21)32(36(33,34)31-9-11-35-12-10-31)17-23-13-22(15-27)7-8-26(23)30/h2-8,13,16,19H,9-12,14,17-18H2,1H3,(H,28,29). The maximum absolute atomic E-state index is 14.0. The molecular formula is C26H28N6O3S. The summed E-state index contributed by atoms with van der Waals surface area (Å²) in [4.78, 5) is 9.62. The minimum atomic E-state index is -3.84. The highest BCUT2D eigenvalue weighted by molar-refractivity contribution is 7.86. The van der Waals surface area contributed by atoms with Crippen molar-refractivity contribution in [2.45, 2.75) is 26.4 Å². The second kappa shape index (κ2) is 10.1. The number of ether oxygens (including phenoxy) is 1. The summed E-state index contributed by atoms with van der Waals surface area (Å²) in [7, 11) is -3.84. The monoisotopic (exact) mass is 504 g/mol. The van der Waals surface area contributed by atoms with E-state index in [1.807, 2.05) is 54.4 Å². The van der Waals surface area contributed by atoms with Crippen LogP contribution in [0.2, 0.25) is 0 Å². The first kappa shape index (κ1) is 24.1. The van der Waals surface area contributed by atoms with Crippen molar-refractivity contribution in [2.24, 2.45) is 0 Å². The number of imidazole rings is 1. The summed E-state index contributed by atoms with van der Waals surface area (Å²) in [6.07, 6.45) is 4.14. The third-order valence-corrected chi connectivity index (χ3v) is 8.29. The predicted octanol–water partition coefficient (Wildman–Crippen LogP) is 3.07. The van der Waals surface area contributed by atoms with E-state index in [0.717, 1.165) is 28.3 Å². The van der Waals surface area contributed by atoms with Gasteiger partial charge >= 0.3 is 10.2 Å². The second-order valence-corrected chi connectivity index (χ2v) is 10.7. The molecule has 9 nitrogen and oxygen atoms in total. The van der Waals surface area contributed by atoms with E-state index in [0.29, 0.717) is 50.5 Å². The molecule has 186 valence electrons. The van der Waals surface area contributed by atoms with Crippen LogP contribution in [-0.4, -0.2) is 53.3 Å². The van der Waals surface area contributed by atoms with Gasteiger partial charge in [-0.15, -0.1) is 0 Å². The van der Waals surface area contributed by atoms with Crippen molar-refractivity contribution >= 4 is 15.9 Å². The zero-order valence-electron chi connectivity index (χ0n) is 20.1. The van der Waals surface area contributed by atoms with Gasteiger partial charge in [-0.1, -0.05) is 30.3 Å². The number of fused-ring (bicyclic) bond motifs is 1. The third-order valence-electron chi connectivity index (χ3n) is 6.36. The number of morpholine rings is 1. The summed E-state index contributed by atoms with van der Waals surface area (Å²) in [5, 5.41) is 9.55. The van der Waals surface area contributed by atoms with Crippen LogP contribution in [0.15, 0.2) is 66.6 Å². The lowest BCUT2D eigenvalue weighted by Crippen LogP contribution is -2.48. The number of allylic oxidation sites excluding steroid dienone is 1. The van der Waals surface area contributed by atoms with Gasteiger partial charge in [0.2, 0.25) is 0 Å². The van der Waals surface area contributed by atoms with Crippen molar-refractivity contribution in [1.82, 2.24) is 18.6 Å². The molecule has 0 spiro atoms. The Kier molecular flexibility index (Phi) is 6.78. The average molecular weight is 505 g/mol. The lowest BCUT2D eigenvalue weighted by atomic mass is 10.1. The molecule has 1 fully saturated rings. The first-order valence-corrected chi connectivity index (χ1v) is 13.2. The molecule has 0 aliphatic carbocycles. The van der Waals surface area contributed by atoms with Gasteiger partial charge in [-0.3, -0.25) is 4.31 Å². The molecule has 2 aliphatic heterocycles. The van der Waals surface area contributed by atoms with Crippen LogP contribution >= 0.6 is 0 Å². The molecule has 1 saturated heterocycles. The maximum Gasteiger partial charge on any atom is 0.304 e. The van der Waals surface area contributed by atoms with Gasteiger partial charge in [0, 0.05) is 31.4 Å². The van der Waals surface area contributed by atoms with E-state index in [2.05, 4.69) is 16.0 Å². The predicted molar refractivity (Wildman–Crippen MR) is 136 cm³/mol. The molecule has 36 heavy (non-hydrogen) atoms. The molecule has 0 atom stereocenters. The van der Waals surface area contributed by atoms with Crippen molar-refractivity contribution in [3.8, 4) is 6.07 Å². The van der Waals surface area contributed by atoms with Crippen LogP contribution in [0.5, 0.6) is 0 Å². The normalized spacial score (nSPS) is 16.7. The molecule has 2 aromatic carbocycles. The van der Waals surface area contributed by atoms with Crippen LogP contribution in [0.1, 0.15) is 28.2 Å². The number of hydrogen-bond donors (Lipinski definition) is 1. The minimum absolute atomic E-state index is 0.127. The number of hydrogen-bond acceptors (Lipinski definition) is 6. The zero-order chi connectivity index (χ0) is 25.1. The van der Waals surface area contributed by atoms with Crippen LogP contribution < -0.4 is 4.90 Å². The molecule has 5 rings (SSSR count). The van der Waals surface area contributed by atoms with Crippen LogP contribution in [0.3, 0.4) is 0 Å². The van der Waals surface area contributed by atoms with E-state index in [4.69, 9.17) is 4.74 Å². The first-order chi connectivity index (χ1) is 17.4. The molecule has 1 N–H and O–H groups in total. The Morgan fingerprint density at radius 1 is 1.14 bits per heavy atom. The van der Waals surface area contributed by atoms with Crippen molar-refractivity contribution in [1.29, 1.82) is 5.26 Å². The maximum atomic E-state index is 14.0. The molecule has 0 radical (unpaired) electrons. The van der Waals surface area contributed by atoms with Gasteiger partial charge in [0.05, 0.1) is 55.5 Å². The minimum Gasteiger partial charge on any atom is -0.379 e. The summed E-state index contributed by atoms with van der Waals surface area (Å²) < 4.78 is 36.3. The van der Waals surface area contributed by atoms with Crippen molar-refractivity contribution in [3.63, 3.8) is 0 Å². The van der Waals surface area contributed by atoms with Gasteiger partial charge in [-0.25, -0.2) is 4.98 Å². The Morgan fingerprint density at radius 2 is 1.92 bits per heavy atom. The number of anilines is 1. The summed E-state index contributed by atoms with van der Waals surface area (Å²) in [5.41, 5.74) is 4.67. The van der Waals surface area contributed by atoms with E-state index in [1.54, 1.807) is 18.3 Å². The van der Waals surface area contributed by atoms with Crippen LogP contribution in [-0.2, 0) is 34.5 Å². The number of rotatable bonds is 6. The quantitative estimate of drug-likeness (QED) is 0.553. The lowest BCUT2D eigenvalue weighted by Gasteiger charge is -2.34. The highest BCUT2D eigenvalue weighted by Gasteiger charge is 2.35. The van der Waals surface area contributed by atoms with Gasteiger partial charge in [-0.2, -0.15) is 18.0 Å². The fourth-order valence-electron chi connectivity index (χ4n) is 4.58. The summed E-state index contributed by atoms with van der Waals surface area (Å²) in [6.45, 7) is 3.84. The number of benzene rings is 2. The number of aromatic amines is 1. The zero-order valence-corrected chi connectivity index (χ0v) is 20.9. The van der Waals surface area contributed by atoms with Gasteiger partial charge in [0.1, 0.15) is 5.82 Å². The fraction of sp³-hybridized carbons (Fsp3) is 0.308. The Labute approximate surface area is 211 Å². The van der Waals surface area contributed by atoms with Gasteiger partial charge in [-0.05, 0) is 36.2 Å². The number of nitrogens with zero attached hydrogens (tertiary/aromatic N) is 5. The Bertz CT molecular complexity index is 1400. The summed E-state index contributed by atoms with van der Waals surface area (Å²) in [6, 6.07) is 17.5. The molecule has 3 heterocycles. The molecule has 0 amide bonds. The van der Waals surface area contributed by atoms with Crippen molar-refractivity contribution in [2.75, 3.05) is 31.2 Å². The topological polar surface area (TPSA) is 106 Å². The van der Waals surface area contributed by atoms with E-state index in [9.17, 15) is 13.7 Å². The Balaban J connectivity index is 1.63. The summed E-state index contributed by atoms with van der Waals surface area (Å²) >= 11 is 0. The largest absolute Gasteiger partial charge is 0.379 e. The first-order valence-electron chi connectivity index (χ1n) is 11.8. The smallest absolute Gasteiger partial charge is 0.304 e. The molecular weight excluding hydrogens is 476 g/mol. The molecule has 2 aliphatic rings. The SMILES string of the molecule is Cc1ncc(CN2C=C(Cc3ccccc3)N(S(=O)(=O)N3CCOCC3)Cc3cc(C#N)ccc32)[nH]1. The lowest BCUT2D eigenvalue weighted by molar-refractivity contribution is 0.0706. The van der Waals surface area contributed by atoms with Crippen molar-refractivity contribution in [3.05, 3.63) is 94.8 Å². The van der Waals surface area contributed by atoms with E-state index in [1.165, 1.54) is 8.61 Å². The van der Waals surface area contributed by atoms with Crippen molar-refractivity contribution < 1.29 is 13.2 Å². The summed E-state index contributed by atoms with van der Waals surface area (Å²) in [5.74, 6) is 0.810. The number of H-pyrrole nitrogens is 1. The molecule has 0 unspecified atom stereocenters. The van der Waals surface area contributed by atoms with Crippen LogP contribution in [0.4, 0.5) is 5.69 Å². The third kappa shape index (κ3) is 4.99. The second-order valence-electron chi connectivity index (χ2n) is 8.89. The van der Waals surface area contributed by atoms with Gasteiger partial charge in [0.15, 0.2) is 0 Å². The Hall–Kier alpha value is -3.65. The fourth-order valence-corrected chi connectivity index (χ4v) is 6.18.